The van der Waals surface area contributed by atoms with E-state index in [0.29, 0.717) is 6.61 Å². The molecule has 0 aromatic carbocycles. The number of esters is 1. The summed E-state index contributed by atoms with van der Waals surface area (Å²) in [7, 11) is 0. The molecule has 0 spiro atoms. The van der Waals surface area contributed by atoms with Crippen LogP contribution in [0.4, 0.5) is 0 Å². The molecule has 0 saturated carbocycles. The highest BCUT2D eigenvalue weighted by Gasteiger charge is 2.20. The van der Waals surface area contributed by atoms with Gasteiger partial charge in [0, 0.05) is 5.75 Å². The second-order valence-electron chi connectivity index (χ2n) is 9.47. The molecular weight excluding hydrogens is 432 g/mol. The van der Waals surface area contributed by atoms with Crippen molar-refractivity contribution >= 4 is 22.8 Å². The summed E-state index contributed by atoms with van der Waals surface area (Å²) in [6.45, 7) is 4.82. The number of carbonyl (C=O) groups is 2. The lowest BCUT2D eigenvalue weighted by Crippen LogP contribution is -2.25. The average molecular weight is 487 g/mol. The van der Waals surface area contributed by atoms with Crippen LogP contribution in [0.3, 0.4) is 0 Å². The summed E-state index contributed by atoms with van der Waals surface area (Å²) in [6, 6.07) is 0. The highest BCUT2D eigenvalue weighted by Crippen LogP contribution is 2.15. The molecule has 0 aromatic heterocycles. The van der Waals surface area contributed by atoms with Crippen LogP contribution < -0.4 is 0 Å². The zero-order chi connectivity index (χ0) is 24.4. The van der Waals surface area contributed by atoms with Gasteiger partial charge in [-0.05, 0) is 12.8 Å². The largest absolute Gasteiger partial charge is 0.464 e. The van der Waals surface area contributed by atoms with Gasteiger partial charge in [-0.15, -0.1) is 0 Å². The second kappa shape index (κ2) is 26.1. The van der Waals surface area contributed by atoms with E-state index in [1.165, 1.54) is 114 Å². The maximum Gasteiger partial charge on any atom is 0.335 e. The maximum absolute atomic E-state index is 12.0. The van der Waals surface area contributed by atoms with Crippen LogP contribution in [-0.4, -0.2) is 34.7 Å². The van der Waals surface area contributed by atoms with Crippen LogP contribution in [0.25, 0.3) is 0 Å². The second-order valence-corrected chi connectivity index (χ2v) is 10.6. The van der Waals surface area contributed by atoms with Crippen molar-refractivity contribution in [3.8, 4) is 0 Å². The van der Waals surface area contributed by atoms with Crippen molar-refractivity contribution in [2.45, 2.75) is 155 Å². The number of hydrogen-bond acceptors (Lipinski definition) is 5. The fraction of sp³-hybridized carbons (Fsp3) is 0.929. The van der Waals surface area contributed by atoms with Crippen LogP contribution in [0.15, 0.2) is 0 Å². The van der Waals surface area contributed by atoms with Gasteiger partial charge >= 0.3 is 5.97 Å². The van der Waals surface area contributed by atoms with Gasteiger partial charge in [-0.3, -0.25) is 4.79 Å². The number of ether oxygens (including phenoxy) is 1. The molecule has 0 aliphatic carbocycles. The van der Waals surface area contributed by atoms with E-state index in [1.54, 1.807) is 0 Å². The van der Waals surface area contributed by atoms with E-state index in [1.807, 2.05) is 0 Å². The minimum absolute atomic E-state index is 0.116. The van der Waals surface area contributed by atoms with E-state index < -0.39 is 12.1 Å². The molecule has 5 heteroatoms. The molecule has 33 heavy (non-hydrogen) atoms. The van der Waals surface area contributed by atoms with Crippen molar-refractivity contribution in [2.24, 2.45) is 0 Å². The van der Waals surface area contributed by atoms with Gasteiger partial charge in [0.2, 0.25) is 0 Å². The van der Waals surface area contributed by atoms with Crippen molar-refractivity contribution in [3.05, 3.63) is 0 Å². The Morgan fingerprint density at radius 1 is 0.636 bits per heavy atom. The summed E-state index contributed by atoms with van der Waals surface area (Å²) in [5.74, 6) is 0.120. The van der Waals surface area contributed by atoms with Crippen LogP contribution in [0.2, 0.25) is 0 Å². The third-order valence-corrected chi connectivity index (χ3v) is 7.12. The summed E-state index contributed by atoms with van der Waals surface area (Å²) in [6.07, 6.45) is 23.5. The molecule has 0 radical (unpaired) electrons. The van der Waals surface area contributed by atoms with Gasteiger partial charge in [-0.1, -0.05) is 141 Å². The molecule has 196 valence electrons. The SMILES string of the molecule is CCCCCCCCCCCCOC(=O)C(O)CC(=O)SCCCCCCCCCCCC. The molecule has 1 atom stereocenters. The third-order valence-electron chi connectivity index (χ3n) is 6.14. The molecule has 0 fully saturated rings. The van der Waals surface area contributed by atoms with Crippen LogP contribution >= 0.6 is 11.8 Å². The van der Waals surface area contributed by atoms with E-state index in [9.17, 15) is 14.7 Å². The number of aliphatic hydroxyl groups excluding tert-OH is 1. The monoisotopic (exact) mass is 486 g/mol. The third kappa shape index (κ3) is 24.4. The number of rotatable bonds is 25. The summed E-state index contributed by atoms with van der Waals surface area (Å²) >= 11 is 1.24. The van der Waals surface area contributed by atoms with Crippen molar-refractivity contribution in [1.29, 1.82) is 0 Å². The molecule has 0 aromatic rings. The van der Waals surface area contributed by atoms with Gasteiger partial charge in [0.15, 0.2) is 11.2 Å². The van der Waals surface area contributed by atoms with Crippen molar-refractivity contribution < 1.29 is 19.4 Å². The van der Waals surface area contributed by atoms with Crippen molar-refractivity contribution in [1.82, 2.24) is 0 Å². The van der Waals surface area contributed by atoms with Gasteiger partial charge in [0.25, 0.3) is 0 Å². The summed E-state index contributed by atoms with van der Waals surface area (Å²) in [5.41, 5.74) is 0. The molecule has 0 bridgehead atoms. The van der Waals surface area contributed by atoms with E-state index in [2.05, 4.69) is 13.8 Å². The van der Waals surface area contributed by atoms with Gasteiger partial charge in [-0.25, -0.2) is 4.79 Å². The first-order chi connectivity index (χ1) is 16.1. The smallest absolute Gasteiger partial charge is 0.335 e. The van der Waals surface area contributed by atoms with E-state index in [4.69, 9.17) is 4.74 Å². The molecule has 1 N–H and O–H groups in total. The molecule has 0 saturated heterocycles. The Hall–Kier alpha value is -0.550. The summed E-state index contributed by atoms with van der Waals surface area (Å²) in [4.78, 5) is 23.8. The minimum Gasteiger partial charge on any atom is -0.464 e. The molecule has 0 aliphatic heterocycles. The van der Waals surface area contributed by atoms with E-state index in [-0.39, 0.29) is 11.5 Å². The van der Waals surface area contributed by atoms with E-state index >= 15 is 0 Å². The lowest BCUT2D eigenvalue weighted by molar-refractivity contribution is -0.154. The Labute approximate surface area is 209 Å². The van der Waals surface area contributed by atoms with Crippen molar-refractivity contribution in [3.63, 3.8) is 0 Å². The molecule has 0 aliphatic rings. The van der Waals surface area contributed by atoms with E-state index in [0.717, 1.165) is 31.4 Å². The highest BCUT2D eigenvalue weighted by molar-refractivity contribution is 8.13. The van der Waals surface area contributed by atoms with Crippen LogP contribution in [0.1, 0.15) is 149 Å². The number of unbranched alkanes of at least 4 members (excludes halogenated alkanes) is 18. The van der Waals surface area contributed by atoms with Gasteiger partial charge in [-0.2, -0.15) is 0 Å². The molecule has 0 amide bonds. The van der Waals surface area contributed by atoms with Crippen molar-refractivity contribution in [2.75, 3.05) is 12.4 Å². The topological polar surface area (TPSA) is 63.6 Å². The lowest BCUT2D eigenvalue weighted by Gasteiger charge is -2.10. The molecular formula is C28H54O4S. The number of thioether (sulfide) groups is 1. The van der Waals surface area contributed by atoms with Crippen LogP contribution in [-0.2, 0) is 14.3 Å². The highest BCUT2D eigenvalue weighted by atomic mass is 32.2. The van der Waals surface area contributed by atoms with Gasteiger partial charge in [0.05, 0.1) is 13.0 Å². The average Bonchev–Trinajstić information content (AvgIpc) is 2.80. The molecule has 0 rings (SSSR count). The molecule has 1 unspecified atom stereocenters. The molecule has 4 nitrogen and oxygen atoms in total. The maximum atomic E-state index is 12.0. The summed E-state index contributed by atoms with van der Waals surface area (Å²) < 4.78 is 5.14. The quantitative estimate of drug-likeness (QED) is 0.104. The Bertz CT molecular complexity index is 442. The first kappa shape index (κ1) is 32.5. The van der Waals surface area contributed by atoms with Gasteiger partial charge < -0.3 is 9.84 Å². The Morgan fingerprint density at radius 3 is 1.48 bits per heavy atom. The molecule has 0 heterocycles. The summed E-state index contributed by atoms with van der Waals surface area (Å²) in [5, 5.41) is 9.80. The standard InChI is InChI=1S/C28H54O4S/c1-3-5-7-9-11-13-15-17-19-21-23-32-28(31)26(29)25-27(30)33-24-22-20-18-16-14-12-10-8-6-4-2/h26,29H,3-25H2,1-2H3. The van der Waals surface area contributed by atoms with Crippen LogP contribution in [0, 0.1) is 0 Å². The first-order valence-electron chi connectivity index (χ1n) is 14.1. The first-order valence-corrected chi connectivity index (χ1v) is 15.1. The fourth-order valence-electron chi connectivity index (χ4n) is 3.93. The number of carbonyl (C=O) groups excluding carboxylic acids is 2. The predicted molar refractivity (Wildman–Crippen MR) is 143 cm³/mol. The number of aliphatic hydroxyl groups is 1. The van der Waals surface area contributed by atoms with Crippen LogP contribution in [0.5, 0.6) is 0 Å². The zero-order valence-electron chi connectivity index (χ0n) is 21.9. The Kier molecular flexibility index (Phi) is 25.6. The lowest BCUT2D eigenvalue weighted by atomic mass is 10.1. The Balaban J connectivity index is 3.46. The van der Waals surface area contributed by atoms with Gasteiger partial charge in [0.1, 0.15) is 0 Å². The Morgan fingerprint density at radius 2 is 1.03 bits per heavy atom. The number of hydrogen-bond donors (Lipinski definition) is 1. The minimum atomic E-state index is -1.32. The predicted octanol–water partition coefficient (Wildman–Crippen LogP) is 8.38. The fourth-order valence-corrected chi connectivity index (χ4v) is 4.79. The zero-order valence-corrected chi connectivity index (χ0v) is 22.7. The normalized spacial score (nSPS) is 12.1.